The first-order valence-electron chi connectivity index (χ1n) is 5.12. The van der Waals surface area contributed by atoms with E-state index in [1.165, 1.54) is 0 Å². The van der Waals surface area contributed by atoms with E-state index in [0.717, 1.165) is 12.0 Å². The Labute approximate surface area is 108 Å². The predicted molar refractivity (Wildman–Crippen MR) is 68.8 cm³/mol. The highest BCUT2D eigenvalue weighted by atomic mass is 35.5. The summed E-state index contributed by atoms with van der Waals surface area (Å²) in [4.78, 5) is 0.701. The van der Waals surface area contributed by atoms with Crippen LogP contribution in [0.1, 0.15) is 24.9 Å². The third kappa shape index (κ3) is 1.90. The maximum atomic E-state index is 12.2. The quantitative estimate of drug-likeness (QED) is 0.855. The number of benzene rings is 1. The summed E-state index contributed by atoms with van der Waals surface area (Å²) >= 11 is 12.3. The van der Waals surface area contributed by atoms with E-state index in [4.69, 9.17) is 23.2 Å². The predicted octanol–water partition coefficient (Wildman–Crippen LogP) is 3.15. The number of halogens is 2. The summed E-state index contributed by atoms with van der Waals surface area (Å²) in [7, 11) is 0.821. The summed E-state index contributed by atoms with van der Waals surface area (Å²) in [5.41, 5.74) is 0.896. The van der Waals surface area contributed by atoms with E-state index in [-0.39, 0.29) is 11.3 Å². The lowest BCUT2D eigenvalue weighted by molar-refractivity contribution is 0.518. The first-order chi connectivity index (χ1) is 7.56. The van der Waals surface area contributed by atoms with Crippen LogP contribution in [0.15, 0.2) is 17.0 Å². The molecule has 1 aliphatic heterocycles. The monoisotopic (exact) mass is 277 g/mol. The average Bonchev–Trinajstić information content (AvgIpc) is 2.27. The number of nitrogens with one attached hydrogen (secondary N) is 1. The molecule has 0 saturated heterocycles. The molecule has 1 aromatic carbocycles. The zero-order chi connectivity index (χ0) is 11.9. The highest BCUT2D eigenvalue weighted by Crippen LogP contribution is 2.41. The van der Waals surface area contributed by atoms with Crippen LogP contribution in [0.3, 0.4) is 0 Å². The number of rotatable bonds is 1. The van der Waals surface area contributed by atoms with Crippen LogP contribution in [0.4, 0.5) is 0 Å². The minimum atomic E-state index is -1.06. The molecule has 0 radical (unpaired) electrons. The second-order valence-electron chi connectivity index (χ2n) is 3.96. The van der Waals surface area contributed by atoms with Gasteiger partial charge in [-0.3, -0.25) is 4.21 Å². The largest absolute Gasteiger partial charge is 0.313 e. The molecule has 5 heteroatoms. The SMILES string of the molecule is CNC1CC(C)S(=O)c2c(Cl)ccc(Cl)c21. The molecule has 0 bridgehead atoms. The fraction of sp³-hybridized carbons (Fsp3) is 0.455. The Morgan fingerprint density at radius 1 is 1.38 bits per heavy atom. The van der Waals surface area contributed by atoms with Crippen molar-refractivity contribution in [1.82, 2.24) is 5.32 Å². The van der Waals surface area contributed by atoms with Crippen LogP contribution in [0.5, 0.6) is 0 Å². The van der Waals surface area contributed by atoms with Gasteiger partial charge in [-0.25, -0.2) is 0 Å². The maximum Gasteiger partial charge on any atom is 0.0639 e. The van der Waals surface area contributed by atoms with E-state index in [1.807, 2.05) is 14.0 Å². The maximum absolute atomic E-state index is 12.2. The van der Waals surface area contributed by atoms with Crippen molar-refractivity contribution in [1.29, 1.82) is 0 Å². The van der Waals surface area contributed by atoms with Gasteiger partial charge in [0.05, 0.1) is 20.7 Å². The van der Waals surface area contributed by atoms with Crippen LogP contribution in [-0.4, -0.2) is 16.5 Å². The van der Waals surface area contributed by atoms with Gasteiger partial charge in [-0.2, -0.15) is 0 Å². The highest BCUT2D eigenvalue weighted by Gasteiger charge is 2.32. The summed E-state index contributed by atoms with van der Waals surface area (Å²) in [6, 6.07) is 3.61. The van der Waals surface area contributed by atoms with Gasteiger partial charge in [0.2, 0.25) is 0 Å². The molecule has 1 aromatic rings. The van der Waals surface area contributed by atoms with Crippen LogP contribution in [-0.2, 0) is 10.8 Å². The molecule has 3 atom stereocenters. The van der Waals surface area contributed by atoms with E-state index in [2.05, 4.69) is 5.32 Å². The molecule has 0 aromatic heterocycles. The van der Waals surface area contributed by atoms with Gasteiger partial charge in [0.1, 0.15) is 0 Å². The molecule has 1 N–H and O–H groups in total. The molecule has 2 nitrogen and oxygen atoms in total. The standard InChI is InChI=1S/C11H13Cl2NOS/c1-6-5-9(14-2)10-7(12)3-4-8(13)11(10)16(6)15/h3-4,6,9,14H,5H2,1-2H3. The van der Waals surface area contributed by atoms with E-state index < -0.39 is 10.8 Å². The third-order valence-corrected chi connectivity index (χ3v) is 5.45. The zero-order valence-electron chi connectivity index (χ0n) is 9.09. The fourth-order valence-electron chi connectivity index (χ4n) is 2.08. The zero-order valence-corrected chi connectivity index (χ0v) is 11.4. The van der Waals surface area contributed by atoms with Crippen molar-refractivity contribution in [2.24, 2.45) is 0 Å². The second-order valence-corrected chi connectivity index (χ2v) is 6.58. The van der Waals surface area contributed by atoms with Gasteiger partial charge in [0.25, 0.3) is 0 Å². The fourth-order valence-corrected chi connectivity index (χ4v) is 4.32. The smallest absolute Gasteiger partial charge is 0.0639 e. The topological polar surface area (TPSA) is 29.1 Å². The third-order valence-electron chi connectivity index (χ3n) is 2.93. The van der Waals surface area contributed by atoms with Crippen molar-refractivity contribution in [2.75, 3.05) is 7.05 Å². The van der Waals surface area contributed by atoms with Gasteiger partial charge in [-0.15, -0.1) is 0 Å². The molecule has 0 fully saturated rings. The normalized spacial score (nSPS) is 28.9. The molecule has 0 spiro atoms. The minimum absolute atomic E-state index is 0.0981. The van der Waals surface area contributed by atoms with Crippen LogP contribution in [0.25, 0.3) is 0 Å². The highest BCUT2D eigenvalue weighted by molar-refractivity contribution is 7.86. The van der Waals surface area contributed by atoms with Gasteiger partial charge in [-0.05, 0) is 25.6 Å². The number of hydrogen-bond donors (Lipinski definition) is 1. The summed E-state index contributed by atoms with van der Waals surface area (Å²) in [5.74, 6) is 0. The molecular weight excluding hydrogens is 265 g/mol. The summed E-state index contributed by atoms with van der Waals surface area (Å²) in [5, 5.41) is 4.48. The lowest BCUT2D eigenvalue weighted by atomic mass is 10.0. The lowest BCUT2D eigenvalue weighted by Crippen LogP contribution is -2.30. The molecule has 1 aliphatic rings. The minimum Gasteiger partial charge on any atom is -0.313 e. The van der Waals surface area contributed by atoms with Crippen LogP contribution >= 0.6 is 23.2 Å². The van der Waals surface area contributed by atoms with Gasteiger partial charge < -0.3 is 5.32 Å². The summed E-state index contributed by atoms with van der Waals surface area (Å²) < 4.78 is 12.2. The van der Waals surface area contributed by atoms with E-state index in [1.54, 1.807) is 12.1 Å². The van der Waals surface area contributed by atoms with Crippen molar-refractivity contribution in [3.8, 4) is 0 Å². The lowest BCUT2D eigenvalue weighted by Gasteiger charge is -2.30. The average molecular weight is 278 g/mol. The van der Waals surface area contributed by atoms with Crippen molar-refractivity contribution in [3.63, 3.8) is 0 Å². The molecule has 1 heterocycles. The number of hydrogen-bond acceptors (Lipinski definition) is 2. The van der Waals surface area contributed by atoms with Crippen LogP contribution in [0.2, 0.25) is 10.0 Å². The van der Waals surface area contributed by atoms with Crippen molar-refractivity contribution in [3.05, 3.63) is 27.7 Å². The van der Waals surface area contributed by atoms with Crippen molar-refractivity contribution < 1.29 is 4.21 Å². The molecular formula is C11H13Cl2NOS. The molecule has 0 amide bonds. The Balaban J connectivity index is 2.67. The number of fused-ring (bicyclic) bond motifs is 1. The van der Waals surface area contributed by atoms with Crippen LogP contribution < -0.4 is 5.32 Å². The summed E-state index contributed by atoms with van der Waals surface area (Å²) in [6.45, 7) is 1.97. The van der Waals surface area contributed by atoms with Gasteiger partial charge >= 0.3 is 0 Å². The molecule has 0 aliphatic carbocycles. The molecule has 16 heavy (non-hydrogen) atoms. The summed E-state index contributed by atoms with van der Waals surface area (Å²) in [6.07, 6.45) is 0.816. The Bertz CT molecular complexity index is 450. The molecule has 88 valence electrons. The first-order valence-corrected chi connectivity index (χ1v) is 7.09. The Morgan fingerprint density at radius 2 is 2.00 bits per heavy atom. The molecule has 3 unspecified atom stereocenters. The van der Waals surface area contributed by atoms with Gasteiger partial charge in [-0.1, -0.05) is 30.1 Å². The first kappa shape index (κ1) is 12.4. The Kier molecular flexibility index (Phi) is 3.59. The Hall–Kier alpha value is -0.0900. The Morgan fingerprint density at radius 3 is 2.62 bits per heavy atom. The van der Waals surface area contributed by atoms with Crippen molar-refractivity contribution >= 4 is 34.0 Å². The van der Waals surface area contributed by atoms with Gasteiger partial charge in [0, 0.05) is 21.9 Å². The van der Waals surface area contributed by atoms with E-state index >= 15 is 0 Å². The van der Waals surface area contributed by atoms with Crippen LogP contribution in [0, 0.1) is 0 Å². The molecule has 2 rings (SSSR count). The second kappa shape index (κ2) is 4.65. The van der Waals surface area contributed by atoms with E-state index in [9.17, 15) is 4.21 Å². The van der Waals surface area contributed by atoms with Gasteiger partial charge in [0.15, 0.2) is 0 Å². The van der Waals surface area contributed by atoms with E-state index in [0.29, 0.717) is 14.9 Å². The van der Waals surface area contributed by atoms with Crippen molar-refractivity contribution in [2.45, 2.75) is 29.5 Å². The molecule has 0 saturated carbocycles.